The maximum Gasteiger partial charge on any atom is 0.293 e. The van der Waals surface area contributed by atoms with E-state index in [2.05, 4.69) is 5.87 Å². The summed E-state index contributed by atoms with van der Waals surface area (Å²) < 4.78 is 18.0. The standard InChI is InChI=1S/C16H14O3S.C2H6/c1-20(18)15-8-4-2-6-12(15)14(10-19-11-17)13-7-3-5-9-16(13)20;1-2/h2-9,11,14H,1,10H2;1-2H3. The van der Waals surface area contributed by atoms with E-state index in [0.717, 1.165) is 20.9 Å². The van der Waals surface area contributed by atoms with Crippen LogP contribution < -0.4 is 0 Å². The van der Waals surface area contributed by atoms with Crippen LogP contribution in [0.15, 0.2) is 58.3 Å². The molecule has 1 aliphatic rings. The molecule has 3 nitrogen and oxygen atoms in total. The minimum Gasteiger partial charge on any atom is -0.467 e. The molecule has 1 heterocycles. The van der Waals surface area contributed by atoms with E-state index in [1.54, 1.807) is 0 Å². The molecular formula is C18H20O3S. The Balaban J connectivity index is 0.000000847. The normalized spacial score (nSPS) is 21.6. The second-order valence-corrected chi connectivity index (χ2v) is 6.96. The Hall–Kier alpha value is -2.07. The summed E-state index contributed by atoms with van der Waals surface area (Å²) in [5, 5.41) is 0. The zero-order chi connectivity index (χ0) is 16.2. The van der Waals surface area contributed by atoms with Gasteiger partial charge < -0.3 is 4.74 Å². The summed E-state index contributed by atoms with van der Waals surface area (Å²) in [6.07, 6.45) is 0. The summed E-state index contributed by atoms with van der Waals surface area (Å²) in [7, 11) is -2.50. The van der Waals surface area contributed by atoms with Crippen LogP contribution in [0.2, 0.25) is 0 Å². The van der Waals surface area contributed by atoms with Gasteiger partial charge in [-0.15, -0.1) is 0 Å². The smallest absolute Gasteiger partial charge is 0.293 e. The number of rotatable bonds is 3. The Morgan fingerprint density at radius 2 is 1.50 bits per heavy atom. The van der Waals surface area contributed by atoms with Crippen molar-refractivity contribution in [2.75, 3.05) is 6.61 Å². The quantitative estimate of drug-likeness (QED) is 0.643. The summed E-state index contributed by atoms with van der Waals surface area (Å²) in [5.41, 5.74) is 1.85. The summed E-state index contributed by atoms with van der Waals surface area (Å²) in [5.74, 6) is 3.85. The van der Waals surface area contributed by atoms with Crippen molar-refractivity contribution in [1.82, 2.24) is 0 Å². The third-order valence-corrected chi connectivity index (χ3v) is 5.79. The summed E-state index contributed by atoms with van der Waals surface area (Å²) >= 11 is 0. The molecule has 0 aliphatic carbocycles. The number of fused-ring (bicyclic) bond motifs is 2. The minimum absolute atomic E-state index is 0.0936. The van der Waals surface area contributed by atoms with Crippen molar-refractivity contribution < 1.29 is 13.7 Å². The van der Waals surface area contributed by atoms with Gasteiger partial charge in [-0.25, -0.2) is 0 Å². The number of hydrogen-bond acceptors (Lipinski definition) is 3. The van der Waals surface area contributed by atoms with E-state index in [9.17, 15) is 9.00 Å². The Morgan fingerprint density at radius 1 is 1.05 bits per heavy atom. The number of hydrogen-bond donors (Lipinski definition) is 0. The van der Waals surface area contributed by atoms with Gasteiger partial charge in [-0.05, 0) is 29.1 Å². The molecule has 0 unspecified atom stereocenters. The summed E-state index contributed by atoms with van der Waals surface area (Å²) in [6.45, 7) is 4.69. The zero-order valence-electron chi connectivity index (χ0n) is 12.8. The van der Waals surface area contributed by atoms with Crippen molar-refractivity contribution in [2.45, 2.75) is 29.6 Å². The number of carbonyl (C=O) groups excluding carboxylic acids is 1. The average Bonchev–Trinajstić information content (AvgIpc) is 2.57. The zero-order valence-corrected chi connectivity index (χ0v) is 13.6. The fourth-order valence-electron chi connectivity index (χ4n) is 2.74. The largest absolute Gasteiger partial charge is 0.467 e. The number of carbonyl (C=O) groups is 1. The molecule has 0 amide bonds. The molecule has 0 fully saturated rings. The molecule has 0 N–H and O–H groups in total. The van der Waals surface area contributed by atoms with Gasteiger partial charge in [-0.1, -0.05) is 50.2 Å². The van der Waals surface area contributed by atoms with Gasteiger partial charge >= 0.3 is 0 Å². The van der Waals surface area contributed by atoms with E-state index < -0.39 is 9.52 Å². The predicted molar refractivity (Wildman–Crippen MR) is 89.9 cm³/mol. The van der Waals surface area contributed by atoms with Crippen LogP contribution in [0.4, 0.5) is 0 Å². The maximum atomic E-state index is 13.0. The van der Waals surface area contributed by atoms with Crippen molar-refractivity contribution in [3.63, 3.8) is 0 Å². The topological polar surface area (TPSA) is 43.4 Å². The summed E-state index contributed by atoms with van der Waals surface area (Å²) in [4.78, 5) is 12.0. The first-order chi connectivity index (χ1) is 10.7. The van der Waals surface area contributed by atoms with Gasteiger partial charge in [0.1, 0.15) is 6.61 Å². The molecule has 2 aromatic rings. The molecule has 0 atom stereocenters. The second kappa shape index (κ2) is 6.79. The molecule has 1 aliphatic heterocycles. The molecule has 22 heavy (non-hydrogen) atoms. The molecule has 0 bridgehead atoms. The molecule has 0 saturated heterocycles. The molecule has 0 radical (unpaired) electrons. The van der Waals surface area contributed by atoms with Gasteiger partial charge in [0.05, 0.1) is 0 Å². The van der Waals surface area contributed by atoms with Crippen LogP contribution in [0.3, 0.4) is 0 Å². The van der Waals surface area contributed by atoms with Crippen LogP contribution in [-0.4, -0.2) is 23.2 Å². The van der Waals surface area contributed by atoms with Crippen molar-refractivity contribution in [2.24, 2.45) is 0 Å². The molecular weight excluding hydrogens is 296 g/mol. The summed E-state index contributed by atoms with van der Waals surface area (Å²) in [6, 6.07) is 15.0. The van der Waals surface area contributed by atoms with Gasteiger partial charge in [0.15, 0.2) is 0 Å². The number of benzene rings is 2. The van der Waals surface area contributed by atoms with Crippen molar-refractivity contribution in [3.05, 3.63) is 59.7 Å². The van der Waals surface area contributed by atoms with E-state index in [-0.39, 0.29) is 12.5 Å². The third kappa shape index (κ3) is 2.66. The maximum absolute atomic E-state index is 13.0. The third-order valence-electron chi connectivity index (χ3n) is 3.63. The van der Waals surface area contributed by atoms with E-state index >= 15 is 0 Å². The van der Waals surface area contributed by atoms with Gasteiger partial charge in [0.2, 0.25) is 0 Å². The van der Waals surface area contributed by atoms with E-state index in [4.69, 9.17) is 4.74 Å². The lowest BCUT2D eigenvalue weighted by Gasteiger charge is -2.30. The number of ether oxygens (including phenoxy) is 1. The van der Waals surface area contributed by atoms with E-state index in [0.29, 0.717) is 6.47 Å². The highest BCUT2D eigenvalue weighted by Crippen LogP contribution is 2.41. The molecule has 116 valence electrons. The first-order valence-corrected chi connectivity index (χ1v) is 8.99. The highest BCUT2D eigenvalue weighted by atomic mass is 32.2. The Kier molecular flexibility index (Phi) is 5.03. The lowest BCUT2D eigenvalue weighted by molar-refractivity contribution is -0.128. The fraction of sp³-hybridized carbons (Fsp3) is 0.222. The average molecular weight is 316 g/mol. The second-order valence-electron chi connectivity index (χ2n) is 4.73. The Morgan fingerprint density at radius 3 is 1.95 bits per heavy atom. The fourth-order valence-corrected chi connectivity index (χ4v) is 4.75. The van der Waals surface area contributed by atoms with Crippen molar-refractivity contribution in [1.29, 1.82) is 0 Å². The van der Waals surface area contributed by atoms with Crippen LogP contribution in [0.25, 0.3) is 0 Å². The minimum atomic E-state index is -2.50. The van der Waals surface area contributed by atoms with Crippen molar-refractivity contribution >= 4 is 21.9 Å². The van der Waals surface area contributed by atoms with Crippen LogP contribution in [0, 0.1) is 0 Å². The lowest BCUT2D eigenvalue weighted by atomic mass is 9.91. The molecule has 4 heteroatoms. The molecule has 2 aromatic carbocycles. The first-order valence-electron chi connectivity index (χ1n) is 7.26. The molecule has 0 saturated carbocycles. The van der Waals surface area contributed by atoms with Crippen LogP contribution in [0.1, 0.15) is 30.9 Å². The van der Waals surface area contributed by atoms with Crippen molar-refractivity contribution in [3.8, 4) is 0 Å². The highest BCUT2D eigenvalue weighted by molar-refractivity contribution is 8.00. The van der Waals surface area contributed by atoms with E-state index in [1.807, 2.05) is 62.4 Å². The van der Waals surface area contributed by atoms with Crippen LogP contribution in [-0.2, 0) is 19.1 Å². The SMILES string of the molecule is C=S1(=O)c2ccccc2C(COC=O)c2ccccc21.CC. The van der Waals surface area contributed by atoms with Crippen LogP contribution in [0.5, 0.6) is 0 Å². The highest BCUT2D eigenvalue weighted by Gasteiger charge is 2.31. The molecule has 3 rings (SSSR count). The van der Waals surface area contributed by atoms with Crippen LogP contribution >= 0.6 is 0 Å². The van der Waals surface area contributed by atoms with Gasteiger partial charge in [-0.3, -0.25) is 9.00 Å². The Labute approximate surface area is 131 Å². The predicted octanol–water partition coefficient (Wildman–Crippen LogP) is 3.47. The van der Waals surface area contributed by atoms with Gasteiger partial charge in [0, 0.05) is 25.2 Å². The van der Waals surface area contributed by atoms with Gasteiger partial charge in [0.25, 0.3) is 6.47 Å². The first kappa shape index (κ1) is 16.3. The lowest BCUT2D eigenvalue weighted by Crippen LogP contribution is -2.21. The molecule has 0 spiro atoms. The molecule has 0 aromatic heterocycles. The van der Waals surface area contributed by atoms with E-state index in [1.165, 1.54) is 0 Å². The monoisotopic (exact) mass is 316 g/mol. The van der Waals surface area contributed by atoms with Gasteiger partial charge in [-0.2, -0.15) is 0 Å². The Bertz CT molecular complexity index is 710.